The molecule has 1 amide bonds. The van der Waals surface area contributed by atoms with Gasteiger partial charge in [0.15, 0.2) is 0 Å². The first-order valence-corrected chi connectivity index (χ1v) is 9.27. The number of aryl methyl sites for hydroxylation is 1. The van der Waals surface area contributed by atoms with Gasteiger partial charge >= 0.3 is 6.09 Å². The molecule has 4 heteroatoms. The standard InChI is InChI=1S/C20H24N2O2/c1-21-17-10-6-5-9-15(17)16-11-14-12-24-20(23)22(14)18(19(16)21)13-7-3-2-4-8-13/h5-6,9-10,13-14,18H,2-4,7-8,11-12H2,1H3. The number of aromatic nitrogens is 1. The van der Waals surface area contributed by atoms with Gasteiger partial charge in [-0.05, 0) is 36.8 Å². The fourth-order valence-electron chi connectivity index (χ4n) is 5.32. The van der Waals surface area contributed by atoms with E-state index < -0.39 is 0 Å². The molecule has 0 radical (unpaired) electrons. The van der Waals surface area contributed by atoms with E-state index in [4.69, 9.17) is 4.74 Å². The molecule has 0 N–H and O–H groups in total. The van der Waals surface area contributed by atoms with E-state index in [1.165, 1.54) is 54.3 Å². The Hall–Kier alpha value is -1.97. The zero-order valence-corrected chi connectivity index (χ0v) is 14.2. The zero-order valence-electron chi connectivity index (χ0n) is 14.2. The highest BCUT2D eigenvalue weighted by molar-refractivity contribution is 5.87. The summed E-state index contributed by atoms with van der Waals surface area (Å²) in [5, 5.41) is 1.36. The summed E-state index contributed by atoms with van der Waals surface area (Å²) in [7, 11) is 2.17. The van der Waals surface area contributed by atoms with Gasteiger partial charge in [-0.1, -0.05) is 37.5 Å². The van der Waals surface area contributed by atoms with Crippen LogP contribution in [0.4, 0.5) is 4.79 Å². The van der Waals surface area contributed by atoms with Crippen LogP contribution in [0.5, 0.6) is 0 Å². The van der Waals surface area contributed by atoms with Crippen LogP contribution in [0.2, 0.25) is 0 Å². The minimum Gasteiger partial charge on any atom is -0.447 e. The van der Waals surface area contributed by atoms with Gasteiger partial charge in [0.1, 0.15) is 6.61 Å². The van der Waals surface area contributed by atoms with Gasteiger partial charge in [-0.2, -0.15) is 0 Å². The van der Waals surface area contributed by atoms with Crippen molar-refractivity contribution in [2.45, 2.75) is 50.6 Å². The van der Waals surface area contributed by atoms with E-state index >= 15 is 0 Å². The molecule has 3 aliphatic rings. The van der Waals surface area contributed by atoms with Crippen LogP contribution in [0.1, 0.15) is 49.4 Å². The Morgan fingerprint density at radius 3 is 2.75 bits per heavy atom. The Morgan fingerprint density at radius 2 is 1.92 bits per heavy atom. The summed E-state index contributed by atoms with van der Waals surface area (Å²) in [5.41, 5.74) is 4.10. The molecule has 5 rings (SSSR count). The number of benzene rings is 1. The Labute approximate surface area is 142 Å². The van der Waals surface area contributed by atoms with Gasteiger partial charge in [-0.15, -0.1) is 0 Å². The van der Waals surface area contributed by atoms with Gasteiger partial charge in [0, 0.05) is 23.6 Å². The molecule has 1 aromatic heterocycles. The molecular formula is C20H24N2O2. The normalized spacial score (nSPS) is 27.2. The lowest BCUT2D eigenvalue weighted by Gasteiger charge is -2.42. The molecule has 1 aromatic carbocycles. The van der Waals surface area contributed by atoms with E-state index in [1.54, 1.807) is 0 Å². The van der Waals surface area contributed by atoms with Crippen molar-refractivity contribution in [3.8, 4) is 0 Å². The van der Waals surface area contributed by atoms with Gasteiger partial charge in [0.2, 0.25) is 0 Å². The zero-order chi connectivity index (χ0) is 16.3. The van der Waals surface area contributed by atoms with Crippen molar-refractivity contribution < 1.29 is 9.53 Å². The quantitative estimate of drug-likeness (QED) is 0.789. The molecule has 1 aliphatic carbocycles. The fraction of sp³-hybridized carbons (Fsp3) is 0.550. The number of para-hydroxylation sites is 1. The molecule has 2 fully saturated rings. The van der Waals surface area contributed by atoms with Gasteiger partial charge < -0.3 is 9.30 Å². The molecular weight excluding hydrogens is 300 g/mol. The predicted octanol–water partition coefficient (Wildman–Crippen LogP) is 4.18. The van der Waals surface area contributed by atoms with Crippen molar-refractivity contribution in [3.05, 3.63) is 35.5 Å². The molecule has 2 aliphatic heterocycles. The highest BCUT2D eigenvalue weighted by Gasteiger charge is 2.48. The number of cyclic esters (lactones) is 1. The molecule has 1 saturated heterocycles. The lowest BCUT2D eigenvalue weighted by molar-refractivity contribution is 0.101. The smallest absolute Gasteiger partial charge is 0.410 e. The number of rotatable bonds is 1. The average molecular weight is 324 g/mol. The van der Waals surface area contributed by atoms with E-state index in [9.17, 15) is 4.79 Å². The molecule has 2 unspecified atom stereocenters. The van der Waals surface area contributed by atoms with E-state index in [0.29, 0.717) is 12.5 Å². The number of carbonyl (C=O) groups excluding carboxylic acids is 1. The van der Waals surface area contributed by atoms with Gasteiger partial charge in [0.05, 0.1) is 12.1 Å². The Morgan fingerprint density at radius 1 is 1.12 bits per heavy atom. The number of carbonyl (C=O) groups is 1. The van der Waals surface area contributed by atoms with Crippen LogP contribution >= 0.6 is 0 Å². The Balaban J connectivity index is 1.72. The lowest BCUT2D eigenvalue weighted by atomic mass is 9.78. The highest BCUT2D eigenvalue weighted by Crippen LogP contribution is 2.47. The summed E-state index contributed by atoms with van der Waals surface area (Å²) in [6.07, 6.45) is 7.17. The summed E-state index contributed by atoms with van der Waals surface area (Å²) >= 11 is 0. The number of fused-ring (bicyclic) bond motifs is 4. The highest BCUT2D eigenvalue weighted by atomic mass is 16.6. The number of hydrogen-bond donors (Lipinski definition) is 0. The molecule has 0 spiro atoms. The van der Waals surface area contributed by atoms with E-state index in [2.05, 4.69) is 40.8 Å². The largest absolute Gasteiger partial charge is 0.447 e. The van der Waals surface area contributed by atoms with E-state index in [1.807, 2.05) is 0 Å². The summed E-state index contributed by atoms with van der Waals surface area (Å²) in [5.74, 6) is 0.564. The second-order valence-corrected chi connectivity index (χ2v) is 7.63. The fourth-order valence-corrected chi connectivity index (χ4v) is 5.32. The minimum absolute atomic E-state index is 0.105. The number of hydrogen-bond acceptors (Lipinski definition) is 2. The number of ether oxygens (including phenoxy) is 1. The number of amides is 1. The molecule has 1 saturated carbocycles. The van der Waals surface area contributed by atoms with Crippen LogP contribution < -0.4 is 0 Å². The first-order chi connectivity index (χ1) is 11.8. The van der Waals surface area contributed by atoms with Crippen molar-refractivity contribution in [3.63, 3.8) is 0 Å². The average Bonchev–Trinajstić information content (AvgIpc) is 3.14. The Bertz CT molecular complexity index is 803. The van der Waals surface area contributed by atoms with E-state index in [-0.39, 0.29) is 18.2 Å². The van der Waals surface area contributed by atoms with Crippen molar-refractivity contribution >= 4 is 17.0 Å². The van der Waals surface area contributed by atoms with Gasteiger partial charge in [0.25, 0.3) is 0 Å². The summed E-state index contributed by atoms with van der Waals surface area (Å²) in [4.78, 5) is 14.6. The summed E-state index contributed by atoms with van der Waals surface area (Å²) < 4.78 is 7.79. The lowest BCUT2D eigenvalue weighted by Crippen LogP contribution is -2.46. The Kier molecular flexibility index (Phi) is 3.15. The van der Waals surface area contributed by atoms with Crippen LogP contribution in [0, 0.1) is 5.92 Å². The summed E-state index contributed by atoms with van der Waals surface area (Å²) in [6, 6.07) is 9.07. The van der Waals surface area contributed by atoms with Gasteiger partial charge in [-0.3, -0.25) is 4.90 Å². The molecule has 2 atom stereocenters. The molecule has 4 nitrogen and oxygen atoms in total. The van der Waals surface area contributed by atoms with Crippen molar-refractivity contribution in [1.29, 1.82) is 0 Å². The minimum atomic E-state index is -0.105. The second-order valence-electron chi connectivity index (χ2n) is 7.63. The topological polar surface area (TPSA) is 34.5 Å². The maximum Gasteiger partial charge on any atom is 0.410 e. The first-order valence-electron chi connectivity index (χ1n) is 9.27. The van der Waals surface area contributed by atoms with Gasteiger partial charge in [-0.25, -0.2) is 4.79 Å². The van der Waals surface area contributed by atoms with Crippen LogP contribution in [0.15, 0.2) is 24.3 Å². The van der Waals surface area contributed by atoms with E-state index in [0.717, 1.165) is 6.42 Å². The monoisotopic (exact) mass is 324 g/mol. The third-order valence-corrected chi connectivity index (χ3v) is 6.38. The summed E-state index contributed by atoms with van der Waals surface area (Å²) in [6.45, 7) is 0.546. The van der Waals surface area contributed by atoms with Crippen molar-refractivity contribution in [1.82, 2.24) is 9.47 Å². The number of nitrogens with zero attached hydrogens (tertiary/aromatic N) is 2. The first kappa shape index (κ1) is 14.4. The molecule has 2 aromatic rings. The van der Waals surface area contributed by atoms with Crippen LogP contribution in [-0.4, -0.2) is 28.2 Å². The molecule has 0 bridgehead atoms. The third kappa shape index (κ3) is 1.89. The van der Waals surface area contributed by atoms with Crippen LogP contribution in [-0.2, 0) is 18.2 Å². The molecule has 24 heavy (non-hydrogen) atoms. The SMILES string of the molecule is Cn1c2c(c3ccccc31)CC1COC(=O)N1C2C1CCCCC1. The van der Waals surface area contributed by atoms with Crippen molar-refractivity contribution in [2.75, 3.05) is 6.61 Å². The van der Waals surface area contributed by atoms with Crippen LogP contribution in [0.25, 0.3) is 10.9 Å². The maximum atomic E-state index is 12.5. The van der Waals surface area contributed by atoms with Crippen LogP contribution in [0.3, 0.4) is 0 Å². The second kappa shape index (κ2) is 5.27. The predicted molar refractivity (Wildman–Crippen MR) is 92.9 cm³/mol. The molecule has 3 heterocycles. The third-order valence-electron chi connectivity index (χ3n) is 6.38. The molecule has 126 valence electrons. The van der Waals surface area contributed by atoms with Crippen molar-refractivity contribution in [2.24, 2.45) is 13.0 Å². The maximum absolute atomic E-state index is 12.5.